The van der Waals surface area contributed by atoms with Gasteiger partial charge in [0.25, 0.3) is 0 Å². The van der Waals surface area contributed by atoms with Crippen LogP contribution < -0.4 is 15.0 Å². The first kappa shape index (κ1) is 18.3. The van der Waals surface area contributed by atoms with Crippen LogP contribution in [0.25, 0.3) is 0 Å². The zero-order chi connectivity index (χ0) is 18.4. The fraction of sp³-hybridized carbons (Fsp3) is 0.474. The van der Waals surface area contributed by atoms with Crippen molar-refractivity contribution in [2.75, 3.05) is 49.5 Å². The first-order valence-corrected chi connectivity index (χ1v) is 9.08. The quantitative estimate of drug-likeness (QED) is 0.820. The van der Waals surface area contributed by atoms with E-state index < -0.39 is 0 Å². The molecule has 2 aromatic rings. The SMILES string of the molecule is CCOc1ccccc1N1CCN(CCC(=O)Nc2cc(C)on2)CC1. The number of hydrogen-bond donors (Lipinski definition) is 1. The molecule has 1 aromatic heterocycles. The summed E-state index contributed by atoms with van der Waals surface area (Å²) in [6, 6.07) is 9.88. The van der Waals surface area contributed by atoms with Gasteiger partial charge >= 0.3 is 0 Å². The van der Waals surface area contributed by atoms with E-state index in [1.165, 1.54) is 0 Å². The number of aryl methyl sites for hydroxylation is 1. The number of aromatic nitrogens is 1. The summed E-state index contributed by atoms with van der Waals surface area (Å²) >= 11 is 0. The molecule has 2 heterocycles. The van der Waals surface area contributed by atoms with E-state index in [9.17, 15) is 4.79 Å². The minimum absolute atomic E-state index is 0.0394. The zero-order valence-electron chi connectivity index (χ0n) is 15.4. The number of carbonyl (C=O) groups is 1. The van der Waals surface area contributed by atoms with E-state index in [1.54, 1.807) is 13.0 Å². The Bertz CT molecular complexity index is 723. The van der Waals surface area contributed by atoms with Crippen molar-refractivity contribution in [3.05, 3.63) is 36.1 Å². The smallest absolute Gasteiger partial charge is 0.226 e. The van der Waals surface area contributed by atoms with E-state index in [2.05, 4.69) is 26.3 Å². The van der Waals surface area contributed by atoms with Gasteiger partial charge in [-0.15, -0.1) is 0 Å². The topological polar surface area (TPSA) is 70.8 Å². The molecule has 0 saturated carbocycles. The summed E-state index contributed by atoms with van der Waals surface area (Å²) in [5.41, 5.74) is 1.15. The molecule has 1 aliphatic rings. The molecule has 26 heavy (non-hydrogen) atoms. The van der Waals surface area contributed by atoms with Crippen LogP contribution in [0.2, 0.25) is 0 Å². The predicted molar refractivity (Wildman–Crippen MR) is 101 cm³/mol. The minimum atomic E-state index is -0.0394. The lowest BCUT2D eigenvalue weighted by Gasteiger charge is -2.36. The summed E-state index contributed by atoms with van der Waals surface area (Å²) in [6.45, 7) is 8.91. The van der Waals surface area contributed by atoms with Gasteiger partial charge in [-0.3, -0.25) is 9.69 Å². The average Bonchev–Trinajstić information content (AvgIpc) is 3.06. The molecule has 1 aromatic carbocycles. The molecule has 0 aliphatic carbocycles. The van der Waals surface area contributed by atoms with Crippen molar-refractivity contribution in [2.24, 2.45) is 0 Å². The summed E-state index contributed by atoms with van der Waals surface area (Å²) in [5, 5.41) is 6.54. The number of para-hydroxylation sites is 2. The number of rotatable bonds is 7. The van der Waals surface area contributed by atoms with E-state index in [1.807, 2.05) is 25.1 Å². The molecular weight excluding hydrogens is 332 g/mol. The molecule has 1 amide bonds. The largest absolute Gasteiger partial charge is 0.492 e. The maximum atomic E-state index is 12.0. The Morgan fingerprint density at radius 1 is 1.27 bits per heavy atom. The van der Waals surface area contributed by atoms with Crippen LogP contribution in [0.1, 0.15) is 19.1 Å². The first-order valence-electron chi connectivity index (χ1n) is 9.08. The number of nitrogens with one attached hydrogen (secondary N) is 1. The molecule has 7 nitrogen and oxygen atoms in total. The van der Waals surface area contributed by atoms with Crippen LogP contribution in [0.4, 0.5) is 11.5 Å². The molecule has 1 fully saturated rings. The second-order valence-corrected chi connectivity index (χ2v) is 6.35. The van der Waals surface area contributed by atoms with Crippen LogP contribution in [-0.4, -0.2) is 55.3 Å². The molecule has 140 valence electrons. The van der Waals surface area contributed by atoms with E-state index in [0.29, 0.717) is 24.6 Å². The number of amides is 1. The zero-order valence-corrected chi connectivity index (χ0v) is 15.4. The highest BCUT2D eigenvalue weighted by Gasteiger charge is 2.20. The van der Waals surface area contributed by atoms with Crippen molar-refractivity contribution >= 4 is 17.4 Å². The van der Waals surface area contributed by atoms with Crippen LogP contribution in [0.3, 0.4) is 0 Å². The number of nitrogens with zero attached hydrogens (tertiary/aromatic N) is 3. The highest BCUT2D eigenvalue weighted by atomic mass is 16.5. The number of hydrogen-bond acceptors (Lipinski definition) is 6. The summed E-state index contributed by atoms with van der Waals surface area (Å²) in [6.07, 6.45) is 0.446. The Morgan fingerprint density at radius 3 is 2.73 bits per heavy atom. The number of piperazine rings is 1. The second-order valence-electron chi connectivity index (χ2n) is 6.35. The van der Waals surface area contributed by atoms with Crippen molar-refractivity contribution in [2.45, 2.75) is 20.3 Å². The Kier molecular flexibility index (Phi) is 6.12. The average molecular weight is 358 g/mol. The highest BCUT2D eigenvalue weighted by Crippen LogP contribution is 2.28. The lowest BCUT2D eigenvalue weighted by atomic mass is 10.2. The van der Waals surface area contributed by atoms with Gasteiger partial charge in [0.15, 0.2) is 5.82 Å². The Hall–Kier alpha value is -2.54. The normalized spacial score (nSPS) is 15.1. The molecule has 0 atom stereocenters. The van der Waals surface area contributed by atoms with Gasteiger partial charge in [0.05, 0.1) is 12.3 Å². The molecule has 0 radical (unpaired) electrons. The van der Waals surface area contributed by atoms with Gasteiger partial charge in [-0.2, -0.15) is 0 Å². The Balaban J connectivity index is 1.44. The van der Waals surface area contributed by atoms with E-state index in [-0.39, 0.29) is 5.91 Å². The molecule has 0 unspecified atom stereocenters. The van der Waals surface area contributed by atoms with Crippen LogP contribution in [-0.2, 0) is 4.79 Å². The molecule has 7 heteroatoms. The van der Waals surface area contributed by atoms with Gasteiger partial charge in [0.1, 0.15) is 11.5 Å². The second kappa shape index (κ2) is 8.71. The third kappa shape index (κ3) is 4.76. The Morgan fingerprint density at radius 2 is 2.04 bits per heavy atom. The summed E-state index contributed by atoms with van der Waals surface area (Å²) in [7, 11) is 0. The fourth-order valence-corrected chi connectivity index (χ4v) is 3.10. The maximum Gasteiger partial charge on any atom is 0.226 e. The Labute approximate surface area is 153 Å². The summed E-state index contributed by atoms with van der Waals surface area (Å²) < 4.78 is 10.7. The number of ether oxygens (including phenoxy) is 1. The number of benzene rings is 1. The van der Waals surface area contributed by atoms with Gasteiger partial charge < -0.3 is 19.5 Å². The standard InChI is InChI=1S/C19H26N4O3/c1-3-25-17-7-5-4-6-16(17)23-12-10-22(11-13-23)9-8-19(24)20-18-14-15(2)26-21-18/h4-7,14H,3,8-13H2,1-2H3,(H,20,21,24). The predicted octanol–water partition coefficient (Wildman–Crippen LogP) is 2.53. The van der Waals surface area contributed by atoms with Gasteiger partial charge in [0, 0.05) is 45.2 Å². The molecule has 3 rings (SSSR count). The molecular formula is C19H26N4O3. The van der Waals surface area contributed by atoms with Crippen molar-refractivity contribution in [3.63, 3.8) is 0 Å². The molecule has 1 saturated heterocycles. The van der Waals surface area contributed by atoms with Gasteiger partial charge in [-0.05, 0) is 26.0 Å². The first-order chi connectivity index (χ1) is 12.7. The van der Waals surface area contributed by atoms with Gasteiger partial charge in [-0.25, -0.2) is 0 Å². The lowest BCUT2D eigenvalue weighted by molar-refractivity contribution is -0.116. The van der Waals surface area contributed by atoms with Crippen LogP contribution in [0.15, 0.2) is 34.9 Å². The summed E-state index contributed by atoms with van der Waals surface area (Å²) in [5.74, 6) is 2.06. The van der Waals surface area contributed by atoms with Crippen molar-refractivity contribution < 1.29 is 14.1 Å². The molecule has 0 spiro atoms. The van der Waals surface area contributed by atoms with Crippen LogP contribution in [0, 0.1) is 6.92 Å². The van der Waals surface area contributed by atoms with Crippen LogP contribution >= 0.6 is 0 Å². The monoisotopic (exact) mass is 358 g/mol. The number of anilines is 2. The fourth-order valence-electron chi connectivity index (χ4n) is 3.10. The van der Waals surface area contributed by atoms with Gasteiger partial charge in [0.2, 0.25) is 5.91 Å². The third-order valence-electron chi connectivity index (χ3n) is 4.43. The third-order valence-corrected chi connectivity index (χ3v) is 4.43. The van der Waals surface area contributed by atoms with Crippen LogP contribution in [0.5, 0.6) is 5.75 Å². The summed E-state index contributed by atoms with van der Waals surface area (Å²) in [4.78, 5) is 16.7. The van der Waals surface area contributed by atoms with E-state index in [0.717, 1.165) is 44.2 Å². The van der Waals surface area contributed by atoms with E-state index >= 15 is 0 Å². The van der Waals surface area contributed by atoms with Crippen molar-refractivity contribution in [1.82, 2.24) is 10.1 Å². The highest BCUT2D eigenvalue weighted by molar-refractivity contribution is 5.89. The van der Waals surface area contributed by atoms with Crippen molar-refractivity contribution in [1.29, 1.82) is 0 Å². The molecule has 0 bridgehead atoms. The van der Waals surface area contributed by atoms with Crippen molar-refractivity contribution in [3.8, 4) is 5.75 Å². The maximum absolute atomic E-state index is 12.0. The molecule has 1 aliphatic heterocycles. The minimum Gasteiger partial charge on any atom is -0.492 e. The lowest BCUT2D eigenvalue weighted by Crippen LogP contribution is -2.47. The van der Waals surface area contributed by atoms with Gasteiger partial charge in [-0.1, -0.05) is 17.3 Å². The number of carbonyl (C=O) groups excluding carboxylic acids is 1. The molecule has 1 N–H and O–H groups in total. The van der Waals surface area contributed by atoms with E-state index in [4.69, 9.17) is 9.26 Å².